The van der Waals surface area contributed by atoms with Crippen molar-refractivity contribution in [3.63, 3.8) is 0 Å². The number of ether oxygens (including phenoxy) is 2. The summed E-state index contributed by atoms with van der Waals surface area (Å²) in [7, 11) is 2.50. The van der Waals surface area contributed by atoms with Crippen LogP contribution in [0.1, 0.15) is 36.0 Å². The Balaban J connectivity index is 1.91. The van der Waals surface area contributed by atoms with Crippen LogP contribution in [0.5, 0.6) is 0 Å². The van der Waals surface area contributed by atoms with Crippen molar-refractivity contribution in [1.82, 2.24) is 0 Å². The van der Waals surface area contributed by atoms with Gasteiger partial charge >= 0.3 is 11.9 Å². The summed E-state index contributed by atoms with van der Waals surface area (Å²) in [6.07, 6.45) is 0.535. The molecule has 2 aromatic rings. The van der Waals surface area contributed by atoms with E-state index in [0.29, 0.717) is 12.1 Å². The molecule has 146 valence electrons. The maximum absolute atomic E-state index is 12.1. The highest BCUT2D eigenvalue weighted by atomic mass is 16.6. The van der Waals surface area contributed by atoms with Crippen molar-refractivity contribution in [2.45, 2.75) is 24.9 Å². The fourth-order valence-electron chi connectivity index (χ4n) is 3.40. The summed E-state index contributed by atoms with van der Waals surface area (Å²) in [6, 6.07) is 19.7. The standard InChI is InChI=1S/C22H23NO5/c1-26-21(24)18(22(25)27-2)13-19-17(15-9-5-3-6-10-15)14-20(28-23-19)16-11-7-4-8-12-16/h3-12,17-18,20H,13-14H2,1-2H3/t17-,20+/m0/s1. The van der Waals surface area contributed by atoms with Gasteiger partial charge < -0.3 is 14.3 Å². The Hall–Kier alpha value is -3.15. The molecule has 0 aliphatic carbocycles. The van der Waals surface area contributed by atoms with E-state index >= 15 is 0 Å². The lowest BCUT2D eigenvalue weighted by Gasteiger charge is -2.30. The van der Waals surface area contributed by atoms with Crippen LogP contribution >= 0.6 is 0 Å². The van der Waals surface area contributed by atoms with Gasteiger partial charge in [-0.2, -0.15) is 0 Å². The van der Waals surface area contributed by atoms with E-state index in [4.69, 9.17) is 14.3 Å². The van der Waals surface area contributed by atoms with Gasteiger partial charge in [-0.15, -0.1) is 0 Å². The predicted molar refractivity (Wildman–Crippen MR) is 104 cm³/mol. The van der Waals surface area contributed by atoms with Crippen molar-refractivity contribution >= 4 is 17.7 Å². The Kier molecular flexibility index (Phi) is 6.42. The summed E-state index contributed by atoms with van der Waals surface area (Å²) < 4.78 is 9.55. The van der Waals surface area contributed by atoms with Crippen molar-refractivity contribution < 1.29 is 23.9 Å². The lowest BCUT2D eigenvalue weighted by atomic mass is 9.82. The number of rotatable bonds is 6. The summed E-state index contributed by atoms with van der Waals surface area (Å²) >= 11 is 0. The van der Waals surface area contributed by atoms with Crippen LogP contribution in [-0.2, 0) is 23.9 Å². The van der Waals surface area contributed by atoms with Gasteiger partial charge in [0.25, 0.3) is 0 Å². The maximum Gasteiger partial charge on any atom is 0.320 e. The van der Waals surface area contributed by atoms with Crippen LogP contribution in [-0.4, -0.2) is 31.9 Å². The number of carbonyl (C=O) groups is 2. The molecule has 1 aliphatic heterocycles. The summed E-state index contributed by atoms with van der Waals surface area (Å²) in [5.74, 6) is -2.45. The fraction of sp³-hybridized carbons (Fsp3) is 0.318. The lowest BCUT2D eigenvalue weighted by Crippen LogP contribution is -2.32. The number of benzene rings is 2. The summed E-state index contributed by atoms with van der Waals surface area (Å²) in [6.45, 7) is 0. The highest BCUT2D eigenvalue weighted by Gasteiger charge is 2.36. The molecule has 0 fully saturated rings. The molecule has 28 heavy (non-hydrogen) atoms. The van der Waals surface area contributed by atoms with Crippen molar-refractivity contribution in [2.24, 2.45) is 11.1 Å². The van der Waals surface area contributed by atoms with Crippen LogP contribution in [0.4, 0.5) is 0 Å². The molecule has 1 aliphatic rings. The zero-order valence-electron chi connectivity index (χ0n) is 15.9. The second-order valence-electron chi connectivity index (χ2n) is 6.59. The Morgan fingerprint density at radius 1 is 0.964 bits per heavy atom. The van der Waals surface area contributed by atoms with E-state index in [1.54, 1.807) is 0 Å². The number of hydrogen-bond donors (Lipinski definition) is 0. The molecule has 0 saturated heterocycles. The average molecular weight is 381 g/mol. The van der Waals surface area contributed by atoms with E-state index in [9.17, 15) is 9.59 Å². The summed E-state index contributed by atoms with van der Waals surface area (Å²) in [5, 5.41) is 4.32. The van der Waals surface area contributed by atoms with Crippen molar-refractivity contribution in [2.75, 3.05) is 14.2 Å². The third kappa shape index (κ3) is 4.39. The highest BCUT2D eigenvalue weighted by molar-refractivity contribution is 6.02. The quantitative estimate of drug-likeness (QED) is 0.564. The molecule has 2 atom stereocenters. The smallest absolute Gasteiger partial charge is 0.320 e. The maximum atomic E-state index is 12.1. The fourth-order valence-corrected chi connectivity index (χ4v) is 3.40. The lowest BCUT2D eigenvalue weighted by molar-refractivity contribution is -0.158. The SMILES string of the molecule is COC(=O)C(CC1=NO[C@@H](c2ccccc2)C[C@H]1c1ccccc1)C(=O)OC. The molecule has 0 spiro atoms. The van der Waals surface area contributed by atoms with E-state index in [-0.39, 0.29) is 18.4 Å². The first-order valence-electron chi connectivity index (χ1n) is 9.12. The minimum absolute atomic E-state index is 0.0837. The predicted octanol–water partition coefficient (Wildman–Crippen LogP) is 3.64. The van der Waals surface area contributed by atoms with E-state index in [1.807, 2.05) is 60.7 Å². The van der Waals surface area contributed by atoms with Crippen LogP contribution in [0, 0.1) is 5.92 Å². The minimum Gasteiger partial charge on any atom is -0.468 e. The van der Waals surface area contributed by atoms with Crippen LogP contribution in [0.3, 0.4) is 0 Å². The Bertz CT molecular complexity index is 819. The van der Waals surface area contributed by atoms with Gasteiger partial charge in [0.2, 0.25) is 0 Å². The van der Waals surface area contributed by atoms with Gasteiger partial charge in [-0.3, -0.25) is 9.59 Å². The normalized spacial score (nSPS) is 18.8. The number of nitrogens with zero attached hydrogens (tertiary/aromatic N) is 1. The molecule has 6 nitrogen and oxygen atoms in total. The van der Waals surface area contributed by atoms with E-state index < -0.39 is 17.9 Å². The van der Waals surface area contributed by atoms with Gasteiger partial charge in [0.05, 0.1) is 19.9 Å². The van der Waals surface area contributed by atoms with Crippen LogP contribution in [0.15, 0.2) is 65.8 Å². The van der Waals surface area contributed by atoms with Gasteiger partial charge in [0.15, 0.2) is 12.0 Å². The molecular weight excluding hydrogens is 358 g/mol. The van der Waals surface area contributed by atoms with Crippen LogP contribution < -0.4 is 0 Å². The van der Waals surface area contributed by atoms with Crippen LogP contribution in [0.25, 0.3) is 0 Å². The van der Waals surface area contributed by atoms with Gasteiger partial charge in [-0.05, 0) is 11.1 Å². The first kappa shape index (κ1) is 19.6. The third-order valence-electron chi connectivity index (χ3n) is 4.91. The summed E-state index contributed by atoms with van der Waals surface area (Å²) in [5.41, 5.74) is 2.71. The van der Waals surface area contributed by atoms with Crippen molar-refractivity contribution in [1.29, 1.82) is 0 Å². The summed E-state index contributed by atoms with van der Waals surface area (Å²) in [4.78, 5) is 29.9. The molecule has 0 aromatic heterocycles. The average Bonchev–Trinajstić information content (AvgIpc) is 2.77. The van der Waals surface area contributed by atoms with E-state index in [1.165, 1.54) is 14.2 Å². The van der Waals surface area contributed by atoms with Crippen molar-refractivity contribution in [3.05, 3.63) is 71.8 Å². The minimum atomic E-state index is -1.07. The number of hydrogen-bond acceptors (Lipinski definition) is 6. The largest absolute Gasteiger partial charge is 0.468 e. The zero-order valence-corrected chi connectivity index (χ0v) is 15.9. The number of oxime groups is 1. The molecule has 0 saturated carbocycles. The highest BCUT2D eigenvalue weighted by Crippen LogP contribution is 2.37. The molecule has 3 rings (SSSR count). The van der Waals surface area contributed by atoms with Crippen molar-refractivity contribution in [3.8, 4) is 0 Å². The second-order valence-corrected chi connectivity index (χ2v) is 6.59. The Labute approximate surface area is 164 Å². The molecule has 0 radical (unpaired) electrons. The molecule has 0 amide bonds. The molecule has 1 heterocycles. The van der Waals surface area contributed by atoms with Gasteiger partial charge in [-0.25, -0.2) is 0 Å². The molecular formula is C22H23NO5. The molecule has 0 N–H and O–H groups in total. The third-order valence-corrected chi connectivity index (χ3v) is 4.91. The molecule has 0 unspecified atom stereocenters. The first-order chi connectivity index (χ1) is 13.6. The van der Waals surface area contributed by atoms with Gasteiger partial charge in [0, 0.05) is 18.8 Å². The zero-order chi connectivity index (χ0) is 19.9. The van der Waals surface area contributed by atoms with Gasteiger partial charge in [0.1, 0.15) is 0 Å². The Morgan fingerprint density at radius 3 is 2.04 bits per heavy atom. The number of esters is 2. The monoisotopic (exact) mass is 381 g/mol. The Morgan fingerprint density at radius 2 is 1.50 bits per heavy atom. The van der Waals surface area contributed by atoms with E-state index in [2.05, 4.69) is 5.16 Å². The van der Waals surface area contributed by atoms with E-state index in [0.717, 1.165) is 11.1 Å². The molecule has 2 aromatic carbocycles. The van der Waals surface area contributed by atoms with Crippen LogP contribution in [0.2, 0.25) is 0 Å². The number of carbonyl (C=O) groups excluding carboxylic acids is 2. The second kappa shape index (κ2) is 9.17. The topological polar surface area (TPSA) is 74.2 Å². The number of methoxy groups -OCH3 is 2. The van der Waals surface area contributed by atoms with Gasteiger partial charge in [-0.1, -0.05) is 65.8 Å². The molecule has 6 heteroatoms. The first-order valence-corrected chi connectivity index (χ1v) is 9.12. The molecule has 0 bridgehead atoms.